The molecule has 23 heavy (non-hydrogen) atoms. The zero-order chi connectivity index (χ0) is 16.7. The Morgan fingerprint density at radius 1 is 1.17 bits per heavy atom. The highest BCUT2D eigenvalue weighted by atomic mass is 19.1. The number of halogens is 1. The molecule has 1 heterocycles. The maximum atomic E-state index is 13.5. The van der Waals surface area contributed by atoms with E-state index in [4.69, 9.17) is 0 Å². The summed E-state index contributed by atoms with van der Waals surface area (Å²) in [6.07, 6.45) is 3.47. The fraction of sp³-hybridized carbons (Fsp3) is 0.353. The third-order valence-electron chi connectivity index (χ3n) is 3.58. The van der Waals surface area contributed by atoms with Crippen molar-refractivity contribution in [1.82, 2.24) is 15.3 Å². The number of hydrogen-bond acceptors (Lipinski definition) is 4. The van der Waals surface area contributed by atoms with E-state index in [-0.39, 0.29) is 11.7 Å². The van der Waals surface area contributed by atoms with E-state index in [0.29, 0.717) is 30.0 Å². The molecule has 2 aromatic rings. The molecule has 122 valence electrons. The van der Waals surface area contributed by atoms with Crippen molar-refractivity contribution in [3.05, 3.63) is 53.6 Å². The van der Waals surface area contributed by atoms with Gasteiger partial charge in [-0.3, -0.25) is 4.79 Å². The third kappa shape index (κ3) is 4.48. The first-order valence-corrected chi connectivity index (χ1v) is 7.74. The molecule has 0 aliphatic carbocycles. The zero-order valence-electron chi connectivity index (χ0n) is 13.4. The molecule has 0 saturated carbocycles. The molecule has 0 atom stereocenters. The smallest absolute Gasteiger partial charge is 0.254 e. The predicted octanol–water partition coefficient (Wildman–Crippen LogP) is 2.43. The van der Waals surface area contributed by atoms with Crippen molar-refractivity contribution in [2.45, 2.75) is 20.3 Å². The topological polar surface area (TPSA) is 58.1 Å². The van der Waals surface area contributed by atoms with Gasteiger partial charge in [0.25, 0.3) is 5.91 Å². The minimum absolute atomic E-state index is 0.256. The Balaban J connectivity index is 1.89. The summed E-state index contributed by atoms with van der Waals surface area (Å²) >= 11 is 0. The Morgan fingerprint density at radius 2 is 1.83 bits per heavy atom. The number of aromatic nitrogens is 2. The highest BCUT2D eigenvalue weighted by Crippen LogP contribution is 2.08. The van der Waals surface area contributed by atoms with Crippen LogP contribution in [0.15, 0.2) is 36.7 Å². The van der Waals surface area contributed by atoms with Gasteiger partial charge in [0, 0.05) is 32.0 Å². The summed E-state index contributed by atoms with van der Waals surface area (Å²) in [4.78, 5) is 22.5. The van der Waals surface area contributed by atoms with Crippen LogP contribution < -0.4 is 10.2 Å². The number of hydrogen-bond donors (Lipinski definition) is 1. The lowest BCUT2D eigenvalue weighted by Crippen LogP contribution is -2.27. The molecule has 1 N–H and O–H groups in total. The molecule has 0 fully saturated rings. The summed E-state index contributed by atoms with van der Waals surface area (Å²) in [7, 11) is 0. The van der Waals surface area contributed by atoms with Crippen LogP contribution in [-0.2, 0) is 6.42 Å². The van der Waals surface area contributed by atoms with Crippen molar-refractivity contribution >= 4 is 11.9 Å². The molecule has 0 spiro atoms. The van der Waals surface area contributed by atoms with E-state index in [1.807, 2.05) is 18.7 Å². The van der Waals surface area contributed by atoms with Gasteiger partial charge in [0.05, 0.1) is 5.56 Å². The van der Waals surface area contributed by atoms with Gasteiger partial charge in [0.2, 0.25) is 5.95 Å². The molecule has 6 heteroatoms. The Morgan fingerprint density at radius 3 is 2.43 bits per heavy atom. The van der Waals surface area contributed by atoms with Crippen molar-refractivity contribution in [2.24, 2.45) is 0 Å². The van der Waals surface area contributed by atoms with Gasteiger partial charge in [-0.05, 0) is 31.9 Å². The summed E-state index contributed by atoms with van der Waals surface area (Å²) in [6, 6.07) is 6.55. The highest BCUT2D eigenvalue weighted by Gasteiger charge is 2.09. The van der Waals surface area contributed by atoms with E-state index >= 15 is 0 Å². The van der Waals surface area contributed by atoms with Crippen LogP contribution in [0.5, 0.6) is 0 Å². The quantitative estimate of drug-likeness (QED) is 0.852. The van der Waals surface area contributed by atoms with Crippen LogP contribution in [0.25, 0.3) is 0 Å². The largest absolute Gasteiger partial charge is 0.352 e. The molecule has 0 unspecified atom stereocenters. The van der Waals surface area contributed by atoms with E-state index in [1.54, 1.807) is 18.2 Å². The molecular formula is C17H21FN4O. The highest BCUT2D eigenvalue weighted by molar-refractivity contribution is 5.93. The van der Waals surface area contributed by atoms with Crippen LogP contribution in [0, 0.1) is 5.82 Å². The van der Waals surface area contributed by atoms with Crippen LogP contribution in [0.1, 0.15) is 29.8 Å². The number of carbonyl (C=O) groups is 1. The number of nitrogens with zero attached hydrogens (tertiary/aromatic N) is 3. The molecule has 5 nitrogen and oxygen atoms in total. The predicted molar refractivity (Wildman–Crippen MR) is 88.0 cm³/mol. The Labute approximate surface area is 135 Å². The van der Waals surface area contributed by atoms with Gasteiger partial charge >= 0.3 is 0 Å². The van der Waals surface area contributed by atoms with Crippen LogP contribution in [0.2, 0.25) is 0 Å². The maximum absolute atomic E-state index is 13.5. The summed E-state index contributed by atoms with van der Waals surface area (Å²) in [5.74, 6) is 0.0963. The van der Waals surface area contributed by atoms with Gasteiger partial charge in [-0.1, -0.05) is 18.2 Å². The number of anilines is 1. The number of benzene rings is 1. The second kappa shape index (κ2) is 8.22. The lowest BCUT2D eigenvalue weighted by atomic mass is 10.1. The number of nitrogens with one attached hydrogen (secondary N) is 1. The van der Waals surface area contributed by atoms with Crippen LogP contribution >= 0.6 is 0 Å². The van der Waals surface area contributed by atoms with Crippen molar-refractivity contribution < 1.29 is 9.18 Å². The maximum Gasteiger partial charge on any atom is 0.254 e. The van der Waals surface area contributed by atoms with E-state index in [2.05, 4.69) is 15.3 Å². The van der Waals surface area contributed by atoms with Gasteiger partial charge in [-0.2, -0.15) is 0 Å². The summed E-state index contributed by atoms with van der Waals surface area (Å²) in [5.41, 5.74) is 0.982. The van der Waals surface area contributed by atoms with Crippen molar-refractivity contribution in [3.8, 4) is 0 Å². The molecule has 2 rings (SSSR count). The number of amides is 1. The summed E-state index contributed by atoms with van der Waals surface area (Å²) in [5, 5.41) is 2.75. The van der Waals surface area contributed by atoms with Crippen molar-refractivity contribution in [3.63, 3.8) is 0 Å². The lowest BCUT2D eigenvalue weighted by molar-refractivity contribution is 0.0953. The second-order valence-electron chi connectivity index (χ2n) is 5.04. The molecule has 1 aromatic carbocycles. The summed E-state index contributed by atoms with van der Waals surface area (Å²) < 4.78 is 13.5. The molecule has 0 aliphatic heterocycles. The van der Waals surface area contributed by atoms with E-state index in [1.165, 1.54) is 18.5 Å². The van der Waals surface area contributed by atoms with Crippen molar-refractivity contribution in [2.75, 3.05) is 24.5 Å². The first-order valence-electron chi connectivity index (χ1n) is 7.74. The van der Waals surface area contributed by atoms with Gasteiger partial charge < -0.3 is 10.2 Å². The van der Waals surface area contributed by atoms with E-state index < -0.39 is 0 Å². The van der Waals surface area contributed by atoms with E-state index in [9.17, 15) is 9.18 Å². The first kappa shape index (κ1) is 16.9. The molecular weight excluding hydrogens is 295 g/mol. The first-order chi connectivity index (χ1) is 11.2. The Bertz CT molecular complexity index is 641. The number of carbonyl (C=O) groups excluding carboxylic acids is 1. The molecule has 0 saturated heterocycles. The Hall–Kier alpha value is -2.50. The fourth-order valence-electron chi connectivity index (χ4n) is 2.22. The van der Waals surface area contributed by atoms with Gasteiger partial charge in [-0.25, -0.2) is 14.4 Å². The zero-order valence-corrected chi connectivity index (χ0v) is 13.4. The lowest BCUT2D eigenvalue weighted by Gasteiger charge is -2.17. The monoisotopic (exact) mass is 316 g/mol. The number of rotatable bonds is 7. The second-order valence-corrected chi connectivity index (χ2v) is 5.04. The van der Waals surface area contributed by atoms with Crippen molar-refractivity contribution in [1.29, 1.82) is 0 Å². The van der Waals surface area contributed by atoms with Crippen LogP contribution in [0.4, 0.5) is 10.3 Å². The average Bonchev–Trinajstić information content (AvgIpc) is 2.58. The average molecular weight is 316 g/mol. The molecule has 1 amide bonds. The standard InChI is InChI=1S/C17H21FN4O/c1-3-22(4-2)17-20-11-14(12-21-17)16(23)19-10-9-13-7-5-6-8-15(13)18/h5-8,11-12H,3-4,9-10H2,1-2H3,(H,19,23). The SMILES string of the molecule is CCN(CC)c1ncc(C(=O)NCCc2ccccc2F)cn1. The van der Waals surface area contributed by atoms with E-state index in [0.717, 1.165) is 13.1 Å². The molecule has 0 bridgehead atoms. The van der Waals surface area contributed by atoms with Crippen LogP contribution in [0.3, 0.4) is 0 Å². The Kier molecular flexibility index (Phi) is 6.02. The van der Waals surface area contributed by atoms with Gasteiger partial charge in [0.1, 0.15) is 5.82 Å². The minimum Gasteiger partial charge on any atom is -0.352 e. The molecule has 1 aromatic heterocycles. The molecule has 0 aliphatic rings. The third-order valence-corrected chi connectivity index (χ3v) is 3.58. The van der Waals surface area contributed by atoms with Gasteiger partial charge in [-0.15, -0.1) is 0 Å². The molecule has 0 radical (unpaired) electrons. The normalized spacial score (nSPS) is 10.4. The summed E-state index contributed by atoms with van der Waals surface area (Å²) in [6.45, 7) is 6.03. The van der Waals surface area contributed by atoms with Crippen LogP contribution in [-0.4, -0.2) is 35.5 Å². The minimum atomic E-state index is -0.257. The van der Waals surface area contributed by atoms with Gasteiger partial charge in [0.15, 0.2) is 0 Å². The fourth-order valence-corrected chi connectivity index (χ4v) is 2.22.